The molecule has 0 radical (unpaired) electrons. The van der Waals surface area contributed by atoms with E-state index in [1.165, 1.54) is 38.9 Å². The Hall–Kier alpha value is -3.33. The molecule has 3 aromatic carbocycles. The van der Waals surface area contributed by atoms with Gasteiger partial charge in [0.25, 0.3) is 0 Å². The van der Waals surface area contributed by atoms with Gasteiger partial charge < -0.3 is 9.67 Å². The zero-order valence-electron chi connectivity index (χ0n) is 17.9. The molecule has 30 heavy (non-hydrogen) atoms. The van der Waals surface area contributed by atoms with Gasteiger partial charge in [0.1, 0.15) is 0 Å². The highest BCUT2D eigenvalue weighted by molar-refractivity contribution is 5.92. The Kier molecular flexibility index (Phi) is 5.21. The standard InChI is InChI=1S/C27H27NO2/c1-17(2)28-23(15-20-7-9-21(10-8-20)27(29)30)12-14-26(28)22-11-13-24-18(3)5-6-19(4)25(24)16-22/h5-14,16-17H,15H2,1-4H3,(H,29,30). The fourth-order valence-electron chi connectivity index (χ4n) is 4.26. The minimum atomic E-state index is -0.892. The van der Waals surface area contributed by atoms with Crippen molar-refractivity contribution >= 4 is 16.7 Å². The summed E-state index contributed by atoms with van der Waals surface area (Å²) < 4.78 is 2.39. The van der Waals surface area contributed by atoms with Gasteiger partial charge in [-0.15, -0.1) is 0 Å². The summed E-state index contributed by atoms with van der Waals surface area (Å²) in [6, 6.07) is 23.0. The van der Waals surface area contributed by atoms with Crippen LogP contribution in [0.3, 0.4) is 0 Å². The van der Waals surface area contributed by atoms with E-state index in [9.17, 15) is 4.79 Å². The van der Waals surface area contributed by atoms with E-state index < -0.39 is 5.97 Å². The number of nitrogens with zero attached hydrogens (tertiary/aromatic N) is 1. The second-order valence-electron chi connectivity index (χ2n) is 8.31. The van der Waals surface area contributed by atoms with Gasteiger partial charge in [0.2, 0.25) is 0 Å². The fourth-order valence-corrected chi connectivity index (χ4v) is 4.26. The summed E-state index contributed by atoms with van der Waals surface area (Å²) in [6.07, 6.45) is 0.768. The van der Waals surface area contributed by atoms with Crippen molar-refractivity contribution in [3.05, 3.63) is 94.7 Å². The Balaban J connectivity index is 1.75. The van der Waals surface area contributed by atoms with Crippen LogP contribution < -0.4 is 0 Å². The molecular weight excluding hydrogens is 370 g/mol. The van der Waals surface area contributed by atoms with Gasteiger partial charge >= 0.3 is 5.97 Å². The highest BCUT2D eigenvalue weighted by atomic mass is 16.4. The first-order valence-electron chi connectivity index (χ1n) is 10.4. The summed E-state index contributed by atoms with van der Waals surface area (Å²) in [5, 5.41) is 11.7. The van der Waals surface area contributed by atoms with Gasteiger partial charge in [0.05, 0.1) is 5.56 Å². The van der Waals surface area contributed by atoms with E-state index >= 15 is 0 Å². The summed E-state index contributed by atoms with van der Waals surface area (Å²) in [5.74, 6) is -0.892. The van der Waals surface area contributed by atoms with E-state index in [2.05, 4.69) is 74.7 Å². The second kappa shape index (κ2) is 7.83. The lowest BCUT2D eigenvalue weighted by molar-refractivity contribution is 0.0697. The molecule has 0 saturated heterocycles. The van der Waals surface area contributed by atoms with Gasteiger partial charge in [0, 0.05) is 23.9 Å². The number of aryl methyl sites for hydroxylation is 2. The summed E-state index contributed by atoms with van der Waals surface area (Å²) >= 11 is 0. The SMILES string of the molecule is Cc1ccc(C)c2cc(-c3ccc(Cc4ccc(C(=O)O)cc4)n3C(C)C)ccc12. The molecule has 3 heteroatoms. The number of benzene rings is 3. The molecule has 1 N–H and O–H groups in total. The first-order chi connectivity index (χ1) is 14.3. The van der Waals surface area contributed by atoms with Gasteiger partial charge in [0.15, 0.2) is 0 Å². The quantitative estimate of drug-likeness (QED) is 0.402. The number of carboxylic acids is 1. The molecule has 0 aliphatic carbocycles. The number of hydrogen-bond acceptors (Lipinski definition) is 1. The predicted octanol–water partition coefficient (Wildman–Crippen LogP) is 6.80. The van der Waals surface area contributed by atoms with Gasteiger partial charge in [-0.3, -0.25) is 0 Å². The van der Waals surface area contributed by atoms with Gasteiger partial charge in [-0.2, -0.15) is 0 Å². The third-order valence-electron chi connectivity index (χ3n) is 5.85. The molecule has 0 aliphatic rings. The van der Waals surface area contributed by atoms with Crippen LogP contribution in [0.1, 0.15) is 52.6 Å². The number of fused-ring (bicyclic) bond motifs is 1. The molecule has 0 amide bonds. The molecule has 0 aliphatic heterocycles. The number of aromatic carboxylic acids is 1. The fraction of sp³-hybridized carbons (Fsp3) is 0.222. The average Bonchev–Trinajstić information content (AvgIpc) is 3.15. The molecule has 1 heterocycles. The Bertz CT molecular complexity index is 1230. The minimum Gasteiger partial charge on any atom is -0.478 e. The van der Waals surface area contributed by atoms with Crippen molar-refractivity contribution in [1.82, 2.24) is 4.57 Å². The van der Waals surface area contributed by atoms with Crippen LogP contribution >= 0.6 is 0 Å². The van der Waals surface area contributed by atoms with E-state index in [4.69, 9.17) is 5.11 Å². The summed E-state index contributed by atoms with van der Waals surface area (Å²) in [4.78, 5) is 11.1. The molecule has 0 spiro atoms. The average molecular weight is 398 g/mol. The second-order valence-corrected chi connectivity index (χ2v) is 8.31. The van der Waals surface area contributed by atoms with Crippen LogP contribution in [-0.4, -0.2) is 15.6 Å². The van der Waals surface area contributed by atoms with E-state index in [0.717, 1.165) is 12.0 Å². The molecule has 0 fully saturated rings. The number of carbonyl (C=O) groups is 1. The van der Waals surface area contributed by atoms with E-state index in [1.54, 1.807) is 12.1 Å². The van der Waals surface area contributed by atoms with Crippen LogP contribution in [0.15, 0.2) is 66.7 Å². The van der Waals surface area contributed by atoms with E-state index in [0.29, 0.717) is 11.6 Å². The summed E-state index contributed by atoms with van der Waals surface area (Å²) in [7, 11) is 0. The van der Waals surface area contributed by atoms with Crippen LogP contribution in [0.2, 0.25) is 0 Å². The Labute approximate surface area is 177 Å². The lowest BCUT2D eigenvalue weighted by atomic mass is 9.98. The van der Waals surface area contributed by atoms with Crippen LogP contribution in [0.5, 0.6) is 0 Å². The first-order valence-corrected chi connectivity index (χ1v) is 10.4. The lowest BCUT2D eigenvalue weighted by Crippen LogP contribution is -2.08. The first kappa shape index (κ1) is 20.0. The van der Waals surface area contributed by atoms with Gasteiger partial charge in [-0.05, 0) is 91.1 Å². The van der Waals surface area contributed by atoms with Crippen molar-refractivity contribution in [2.75, 3.05) is 0 Å². The third kappa shape index (κ3) is 3.63. The predicted molar refractivity (Wildman–Crippen MR) is 123 cm³/mol. The van der Waals surface area contributed by atoms with E-state index in [-0.39, 0.29) is 0 Å². The summed E-state index contributed by atoms with van der Waals surface area (Å²) in [6.45, 7) is 8.74. The molecule has 4 aromatic rings. The van der Waals surface area contributed by atoms with Crippen molar-refractivity contribution in [3.8, 4) is 11.3 Å². The molecule has 1 aromatic heterocycles. The highest BCUT2D eigenvalue weighted by Gasteiger charge is 2.14. The normalized spacial score (nSPS) is 11.4. The molecule has 0 saturated carbocycles. The maximum Gasteiger partial charge on any atom is 0.335 e. The van der Waals surface area contributed by atoms with Crippen LogP contribution in [0.25, 0.3) is 22.0 Å². The molecular formula is C27H27NO2. The monoisotopic (exact) mass is 397 g/mol. The third-order valence-corrected chi connectivity index (χ3v) is 5.85. The maximum absolute atomic E-state index is 11.1. The van der Waals surface area contributed by atoms with Crippen molar-refractivity contribution in [1.29, 1.82) is 0 Å². The molecule has 0 unspecified atom stereocenters. The molecule has 4 rings (SSSR count). The zero-order chi connectivity index (χ0) is 21.4. The van der Waals surface area contributed by atoms with Gasteiger partial charge in [-0.1, -0.05) is 36.4 Å². The molecule has 3 nitrogen and oxygen atoms in total. The summed E-state index contributed by atoms with van der Waals surface area (Å²) in [5.41, 5.74) is 7.68. The number of carboxylic acid groups (broad SMARTS) is 1. The van der Waals surface area contributed by atoms with Crippen molar-refractivity contribution in [3.63, 3.8) is 0 Å². The minimum absolute atomic E-state index is 0.317. The van der Waals surface area contributed by atoms with Crippen LogP contribution in [0.4, 0.5) is 0 Å². The zero-order valence-corrected chi connectivity index (χ0v) is 17.9. The number of rotatable bonds is 5. The Morgan fingerprint density at radius 3 is 2.17 bits per heavy atom. The topological polar surface area (TPSA) is 42.2 Å². The van der Waals surface area contributed by atoms with Crippen molar-refractivity contribution in [2.45, 2.75) is 40.2 Å². The van der Waals surface area contributed by atoms with Crippen molar-refractivity contribution < 1.29 is 9.90 Å². The smallest absolute Gasteiger partial charge is 0.335 e. The largest absolute Gasteiger partial charge is 0.478 e. The lowest BCUT2D eigenvalue weighted by Gasteiger charge is -2.18. The highest BCUT2D eigenvalue weighted by Crippen LogP contribution is 2.32. The number of hydrogen-bond donors (Lipinski definition) is 1. The molecule has 0 bridgehead atoms. The number of aromatic nitrogens is 1. The molecule has 0 atom stereocenters. The molecule has 152 valence electrons. The van der Waals surface area contributed by atoms with Crippen LogP contribution in [0, 0.1) is 13.8 Å². The van der Waals surface area contributed by atoms with Gasteiger partial charge in [-0.25, -0.2) is 4.79 Å². The Morgan fingerprint density at radius 2 is 1.53 bits per heavy atom. The Morgan fingerprint density at radius 1 is 0.867 bits per heavy atom. The van der Waals surface area contributed by atoms with E-state index in [1.807, 2.05) is 12.1 Å². The van der Waals surface area contributed by atoms with Crippen molar-refractivity contribution in [2.24, 2.45) is 0 Å². The van der Waals surface area contributed by atoms with Crippen LogP contribution in [-0.2, 0) is 6.42 Å². The maximum atomic E-state index is 11.1.